The number of carbonyl (C=O) groups is 1. The minimum Gasteiger partial charge on any atom is -0.508 e. The van der Waals surface area contributed by atoms with E-state index in [1.807, 2.05) is 18.2 Å². The third-order valence-electron chi connectivity index (χ3n) is 4.71. The number of phenols is 1. The Bertz CT molecular complexity index is 759. The maximum absolute atomic E-state index is 12.5. The van der Waals surface area contributed by atoms with E-state index < -0.39 is 0 Å². The van der Waals surface area contributed by atoms with Gasteiger partial charge in [0, 0.05) is 30.7 Å². The molecule has 0 aliphatic carbocycles. The molecule has 2 fully saturated rings. The van der Waals surface area contributed by atoms with Crippen molar-refractivity contribution in [1.82, 2.24) is 9.88 Å². The SMILES string of the molecule is O=C(c1cccc(O)c1)N1CC2(CC(Oc3ccccn3)CCO2)C1. The molecule has 6 heteroatoms. The number of hydrogen-bond donors (Lipinski definition) is 1. The molecule has 4 rings (SSSR count). The molecule has 1 spiro atoms. The Kier molecular flexibility index (Phi) is 4.05. The Morgan fingerprint density at radius 3 is 2.92 bits per heavy atom. The Balaban J connectivity index is 1.37. The first-order valence-corrected chi connectivity index (χ1v) is 8.44. The fourth-order valence-corrected chi connectivity index (χ4v) is 3.51. The predicted molar refractivity (Wildman–Crippen MR) is 90.6 cm³/mol. The monoisotopic (exact) mass is 340 g/mol. The molecule has 6 nitrogen and oxygen atoms in total. The Morgan fingerprint density at radius 2 is 2.16 bits per heavy atom. The van der Waals surface area contributed by atoms with Gasteiger partial charge in [0.05, 0.1) is 19.7 Å². The number of carbonyl (C=O) groups excluding carboxylic acids is 1. The van der Waals surface area contributed by atoms with Gasteiger partial charge in [-0.05, 0) is 24.3 Å². The lowest BCUT2D eigenvalue weighted by molar-refractivity contribution is -0.174. The van der Waals surface area contributed by atoms with Gasteiger partial charge in [-0.3, -0.25) is 4.79 Å². The number of phenolic OH excluding ortho intramolecular Hbond substituents is 1. The Hall–Kier alpha value is -2.60. The number of aromatic nitrogens is 1. The highest BCUT2D eigenvalue weighted by Gasteiger charge is 2.50. The minimum absolute atomic E-state index is 0.0432. The van der Waals surface area contributed by atoms with Crippen LogP contribution < -0.4 is 4.74 Å². The zero-order valence-corrected chi connectivity index (χ0v) is 13.8. The molecular weight excluding hydrogens is 320 g/mol. The maximum Gasteiger partial charge on any atom is 0.254 e. The second-order valence-corrected chi connectivity index (χ2v) is 6.64. The quantitative estimate of drug-likeness (QED) is 0.928. The summed E-state index contributed by atoms with van der Waals surface area (Å²) in [6.07, 6.45) is 3.32. The maximum atomic E-state index is 12.5. The fourth-order valence-electron chi connectivity index (χ4n) is 3.51. The lowest BCUT2D eigenvalue weighted by Crippen LogP contribution is -2.67. The number of benzene rings is 1. The minimum atomic E-state index is -0.329. The smallest absolute Gasteiger partial charge is 0.254 e. The third-order valence-corrected chi connectivity index (χ3v) is 4.71. The average molecular weight is 340 g/mol. The summed E-state index contributed by atoms with van der Waals surface area (Å²) in [4.78, 5) is 18.4. The van der Waals surface area contributed by atoms with E-state index >= 15 is 0 Å². The molecule has 1 unspecified atom stereocenters. The molecule has 2 aliphatic heterocycles. The van der Waals surface area contributed by atoms with E-state index in [0.717, 1.165) is 12.8 Å². The van der Waals surface area contributed by atoms with Gasteiger partial charge in [-0.15, -0.1) is 0 Å². The predicted octanol–water partition coefficient (Wildman–Crippen LogP) is 2.24. The number of aromatic hydroxyl groups is 1. The van der Waals surface area contributed by atoms with Crippen molar-refractivity contribution in [3.63, 3.8) is 0 Å². The fraction of sp³-hybridized carbons (Fsp3) is 0.368. The van der Waals surface area contributed by atoms with Gasteiger partial charge in [0.15, 0.2) is 0 Å². The number of likely N-dealkylation sites (tertiary alicyclic amines) is 1. The number of amides is 1. The van der Waals surface area contributed by atoms with Crippen LogP contribution in [-0.2, 0) is 4.74 Å². The average Bonchev–Trinajstić information content (AvgIpc) is 2.60. The summed E-state index contributed by atoms with van der Waals surface area (Å²) in [7, 11) is 0. The first-order chi connectivity index (χ1) is 12.1. The van der Waals surface area contributed by atoms with Crippen LogP contribution in [0.1, 0.15) is 23.2 Å². The summed E-state index contributed by atoms with van der Waals surface area (Å²) in [5.41, 5.74) is 0.163. The van der Waals surface area contributed by atoms with Gasteiger partial charge < -0.3 is 19.5 Å². The molecule has 2 aromatic rings. The van der Waals surface area contributed by atoms with Crippen LogP contribution in [0.4, 0.5) is 0 Å². The van der Waals surface area contributed by atoms with Crippen molar-refractivity contribution in [2.45, 2.75) is 24.5 Å². The van der Waals surface area contributed by atoms with E-state index in [1.54, 1.807) is 29.3 Å². The van der Waals surface area contributed by atoms with Crippen molar-refractivity contribution in [1.29, 1.82) is 0 Å². The van der Waals surface area contributed by atoms with E-state index in [2.05, 4.69) is 4.98 Å². The molecule has 1 N–H and O–H groups in total. The van der Waals surface area contributed by atoms with Gasteiger partial charge in [-0.25, -0.2) is 4.98 Å². The number of pyridine rings is 1. The summed E-state index contributed by atoms with van der Waals surface area (Å²) in [6.45, 7) is 1.71. The van der Waals surface area contributed by atoms with Crippen molar-refractivity contribution in [2.75, 3.05) is 19.7 Å². The van der Waals surface area contributed by atoms with Crippen molar-refractivity contribution in [3.05, 3.63) is 54.2 Å². The first kappa shape index (κ1) is 15.9. The van der Waals surface area contributed by atoms with Crippen LogP contribution in [0.3, 0.4) is 0 Å². The van der Waals surface area contributed by atoms with Crippen LogP contribution in [0.2, 0.25) is 0 Å². The molecule has 2 saturated heterocycles. The van der Waals surface area contributed by atoms with Crippen LogP contribution in [0.5, 0.6) is 11.6 Å². The molecule has 3 heterocycles. The van der Waals surface area contributed by atoms with E-state index in [4.69, 9.17) is 9.47 Å². The Morgan fingerprint density at radius 1 is 1.28 bits per heavy atom. The summed E-state index contributed by atoms with van der Waals surface area (Å²) in [5.74, 6) is 0.633. The number of hydrogen-bond acceptors (Lipinski definition) is 5. The molecule has 1 amide bonds. The molecule has 2 aliphatic rings. The second kappa shape index (κ2) is 6.37. The normalized spacial score (nSPS) is 21.6. The van der Waals surface area contributed by atoms with Crippen LogP contribution in [-0.4, -0.2) is 52.3 Å². The van der Waals surface area contributed by atoms with E-state index in [1.165, 1.54) is 6.07 Å². The van der Waals surface area contributed by atoms with Crippen LogP contribution >= 0.6 is 0 Å². The lowest BCUT2D eigenvalue weighted by Gasteiger charge is -2.52. The van der Waals surface area contributed by atoms with Crippen LogP contribution in [0.15, 0.2) is 48.7 Å². The highest BCUT2D eigenvalue weighted by Crippen LogP contribution is 2.36. The molecule has 1 aromatic carbocycles. The van der Waals surface area contributed by atoms with Gasteiger partial charge in [-0.1, -0.05) is 12.1 Å². The molecule has 1 atom stereocenters. The number of nitrogens with zero attached hydrogens (tertiary/aromatic N) is 2. The van der Waals surface area contributed by atoms with Crippen molar-refractivity contribution in [3.8, 4) is 11.6 Å². The van der Waals surface area contributed by atoms with Gasteiger partial charge >= 0.3 is 0 Å². The highest BCUT2D eigenvalue weighted by molar-refractivity contribution is 5.95. The van der Waals surface area contributed by atoms with E-state index in [0.29, 0.717) is 31.1 Å². The molecule has 0 saturated carbocycles. The Labute approximate surface area is 146 Å². The summed E-state index contributed by atoms with van der Waals surface area (Å²) >= 11 is 0. The van der Waals surface area contributed by atoms with E-state index in [9.17, 15) is 9.90 Å². The number of ether oxygens (including phenoxy) is 2. The van der Waals surface area contributed by atoms with Gasteiger partial charge in [0.1, 0.15) is 17.5 Å². The van der Waals surface area contributed by atoms with Crippen molar-refractivity contribution in [2.24, 2.45) is 0 Å². The lowest BCUT2D eigenvalue weighted by atomic mass is 9.84. The summed E-state index contributed by atoms with van der Waals surface area (Å²) in [6, 6.07) is 12.0. The zero-order chi connectivity index (χ0) is 17.3. The van der Waals surface area contributed by atoms with Gasteiger partial charge in [-0.2, -0.15) is 0 Å². The standard InChI is InChI=1S/C19H20N2O4/c22-15-5-3-4-14(10-15)18(23)21-12-19(13-21)11-16(7-9-24-19)25-17-6-1-2-8-20-17/h1-6,8,10,16,22H,7,9,11-13H2. The topological polar surface area (TPSA) is 71.9 Å². The molecule has 1 aromatic heterocycles. The molecule has 130 valence electrons. The van der Waals surface area contributed by atoms with E-state index in [-0.39, 0.29) is 23.4 Å². The van der Waals surface area contributed by atoms with Crippen LogP contribution in [0, 0.1) is 0 Å². The summed E-state index contributed by atoms with van der Waals surface area (Å²) < 4.78 is 11.9. The first-order valence-electron chi connectivity index (χ1n) is 8.44. The van der Waals surface area contributed by atoms with Crippen molar-refractivity contribution >= 4 is 5.91 Å². The highest BCUT2D eigenvalue weighted by atomic mass is 16.5. The summed E-state index contributed by atoms with van der Waals surface area (Å²) in [5, 5.41) is 9.53. The molecule has 0 bridgehead atoms. The van der Waals surface area contributed by atoms with Gasteiger partial charge in [0.25, 0.3) is 5.91 Å². The largest absolute Gasteiger partial charge is 0.508 e. The second-order valence-electron chi connectivity index (χ2n) is 6.64. The number of rotatable bonds is 3. The van der Waals surface area contributed by atoms with Crippen LogP contribution in [0.25, 0.3) is 0 Å². The van der Waals surface area contributed by atoms with Crippen molar-refractivity contribution < 1.29 is 19.4 Å². The molecule has 0 radical (unpaired) electrons. The van der Waals surface area contributed by atoms with Gasteiger partial charge in [0.2, 0.25) is 5.88 Å². The third kappa shape index (κ3) is 3.30. The molecule has 25 heavy (non-hydrogen) atoms. The zero-order valence-electron chi connectivity index (χ0n) is 13.8. The molecular formula is C19H20N2O4.